The molecule has 0 fully saturated rings. The Morgan fingerprint density at radius 2 is 1.79 bits per heavy atom. The minimum Gasteiger partial charge on any atom is -0.292 e. The summed E-state index contributed by atoms with van der Waals surface area (Å²) in [5.74, 6) is 0.100. The summed E-state index contributed by atoms with van der Waals surface area (Å²) in [6.45, 7) is 7.42. The van der Waals surface area contributed by atoms with E-state index in [4.69, 9.17) is 0 Å². The molecule has 1 aromatic carbocycles. The highest BCUT2D eigenvalue weighted by Crippen LogP contribution is 2.22. The van der Waals surface area contributed by atoms with E-state index >= 15 is 0 Å². The smallest absolute Gasteiger partial charge is 0.292 e. The highest BCUT2D eigenvalue weighted by Gasteiger charge is 2.18. The number of benzene rings is 1. The molecular weight excluding hydrogens is 374 g/mol. The van der Waals surface area contributed by atoms with E-state index in [2.05, 4.69) is 25.9 Å². The molecule has 2 N–H and O–H groups in total. The molecule has 0 spiro atoms. The van der Waals surface area contributed by atoms with Gasteiger partial charge in [-0.3, -0.25) is 25.8 Å². The number of nitro groups is 1. The Morgan fingerprint density at radius 1 is 1.14 bits per heavy atom. The van der Waals surface area contributed by atoms with Crippen molar-refractivity contribution < 1.29 is 9.72 Å². The monoisotopic (exact) mass is 395 g/mol. The number of aromatic nitrogens is 4. The van der Waals surface area contributed by atoms with Crippen molar-refractivity contribution in [3.63, 3.8) is 0 Å². The van der Waals surface area contributed by atoms with Gasteiger partial charge in [0.15, 0.2) is 0 Å². The summed E-state index contributed by atoms with van der Waals surface area (Å²) in [7, 11) is 0. The van der Waals surface area contributed by atoms with Crippen LogP contribution in [-0.4, -0.2) is 30.6 Å². The van der Waals surface area contributed by atoms with E-state index in [-0.39, 0.29) is 23.7 Å². The maximum absolute atomic E-state index is 12.4. The predicted molar refractivity (Wildman–Crippen MR) is 107 cm³/mol. The second kappa shape index (κ2) is 8.05. The SMILES string of the molecule is Cc1cc(C)nc(-n2nc(C)c(CC(=O)NNc3ccccc3[N+](=O)[O-])c2C)n1. The zero-order chi connectivity index (χ0) is 21.1. The van der Waals surface area contributed by atoms with Crippen LogP contribution in [0.4, 0.5) is 11.4 Å². The number of hydrogen-bond donors (Lipinski definition) is 2. The Balaban J connectivity index is 1.76. The van der Waals surface area contributed by atoms with Crippen molar-refractivity contribution in [1.29, 1.82) is 0 Å². The van der Waals surface area contributed by atoms with Crippen molar-refractivity contribution in [3.05, 3.63) is 68.8 Å². The molecule has 0 aliphatic rings. The zero-order valence-corrected chi connectivity index (χ0v) is 16.6. The van der Waals surface area contributed by atoms with E-state index in [1.165, 1.54) is 12.1 Å². The average Bonchev–Trinajstić information content (AvgIpc) is 2.94. The number of nitrogens with one attached hydrogen (secondary N) is 2. The van der Waals surface area contributed by atoms with Crippen LogP contribution in [0.2, 0.25) is 0 Å². The van der Waals surface area contributed by atoms with Crippen LogP contribution in [-0.2, 0) is 11.2 Å². The highest BCUT2D eigenvalue weighted by atomic mass is 16.6. The number of hydrogen-bond acceptors (Lipinski definition) is 7. The van der Waals surface area contributed by atoms with E-state index in [0.717, 1.165) is 22.6 Å². The lowest BCUT2D eigenvalue weighted by Gasteiger charge is -2.09. The van der Waals surface area contributed by atoms with Crippen molar-refractivity contribution in [2.24, 2.45) is 0 Å². The Kier molecular flexibility index (Phi) is 5.53. The molecule has 150 valence electrons. The van der Waals surface area contributed by atoms with Crippen molar-refractivity contribution in [3.8, 4) is 5.95 Å². The van der Waals surface area contributed by atoms with Crippen molar-refractivity contribution in [2.75, 3.05) is 5.43 Å². The van der Waals surface area contributed by atoms with Gasteiger partial charge in [-0.15, -0.1) is 0 Å². The predicted octanol–water partition coefficient (Wildman–Crippen LogP) is 2.49. The second-order valence-corrected chi connectivity index (χ2v) is 6.64. The van der Waals surface area contributed by atoms with Crippen LogP contribution in [0.5, 0.6) is 0 Å². The Bertz CT molecular complexity index is 1070. The first kappa shape index (κ1) is 19.9. The lowest BCUT2D eigenvalue weighted by molar-refractivity contribution is -0.384. The number of amides is 1. The minimum absolute atomic E-state index is 0.0517. The lowest BCUT2D eigenvalue weighted by atomic mass is 10.1. The molecule has 29 heavy (non-hydrogen) atoms. The first-order valence-corrected chi connectivity index (χ1v) is 8.92. The molecular formula is C19H21N7O3. The quantitative estimate of drug-likeness (QED) is 0.485. The van der Waals surface area contributed by atoms with Crippen LogP contribution >= 0.6 is 0 Å². The van der Waals surface area contributed by atoms with Crippen LogP contribution in [0.1, 0.15) is 28.3 Å². The van der Waals surface area contributed by atoms with Gasteiger partial charge in [0.1, 0.15) is 5.69 Å². The largest absolute Gasteiger partial charge is 0.294 e. The molecule has 1 amide bonds. The molecule has 0 bridgehead atoms. The molecule has 2 aromatic heterocycles. The third-order valence-electron chi connectivity index (χ3n) is 4.38. The lowest BCUT2D eigenvalue weighted by Crippen LogP contribution is -2.31. The van der Waals surface area contributed by atoms with Crippen LogP contribution in [0.3, 0.4) is 0 Å². The molecule has 0 atom stereocenters. The van der Waals surface area contributed by atoms with Gasteiger partial charge in [0.05, 0.1) is 17.0 Å². The fraction of sp³-hybridized carbons (Fsp3) is 0.263. The molecule has 0 aliphatic carbocycles. The van der Waals surface area contributed by atoms with E-state index < -0.39 is 4.92 Å². The molecule has 0 radical (unpaired) electrons. The summed E-state index contributed by atoms with van der Waals surface area (Å²) in [6.07, 6.45) is 0.0517. The van der Waals surface area contributed by atoms with Gasteiger partial charge in [-0.1, -0.05) is 12.1 Å². The van der Waals surface area contributed by atoms with E-state index in [1.54, 1.807) is 16.8 Å². The number of aryl methyl sites for hydroxylation is 3. The Hall–Kier alpha value is -3.82. The fourth-order valence-corrected chi connectivity index (χ4v) is 3.01. The fourth-order valence-electron chi connectivity index (χ4n) is 3.01. The van der Waals surface area contributed by atoms with Gasteiger partial charge in [0, 0.05) is 28.7 Å². The van der Waals surface area contributed by atoms with E-state index in [9.17, 15) is 14.9 Å². The summed E-state index contributed by atoms with van der Waals surface area (Å²) in [6, 6.07) is 7.95. The van der Waals surface area contributed by atoms with Crippen LogP contribution in [0, 0.1) is 37.8 Å². The number of rotatable bonds is 6. The summed E-state index contributed by atoms with van der Waals surface area (Å²) >= 11 is 0. The summed E-state index contributed by atoms with van der Waals surface area (Å²) in [5.41, 5.74) is 9.04. The molecule has 0 saturated heterocycles. The van der Waals surface area contributed by atoms with Crippen molar-refractivity contribution >= 4 is 17.3 Å². The number of hydrazine groups is 1. The molecule has 0 aliphatic heterocycles. The Morgan fingerprint density at radius 3 is 2.45 bits per heavy atom. The maximum Gasteiger partial charge on any atom is 0.294 e. The van der Waals surface area contributed by atoms with Gasteiger partial charge in [0.2, 0.25) is 5.91 Å². The standard InChI is InChI=1S/C19H21N7O3/c1-11-9-12(2)21-19(20-11)25-14(4)15(13(3)24-25)10-18(27)23-22-16-7-5-6-8-17(16)26(28)29/h5-9,22H,10H2,1-4H3,(H,23,27). The number of nitro benzene ring substituents is 1. The molecule has 10 heteroatoms. The average molecular weight is 395 g/mol. The third-order valence-corrected chi connectivity index (χ3v) is 4.38. The third kappa shape index (κ3) is 4.37. The van der Waals surface area contributed by atoms with Crippen LogP contribution < -0.4 is 10.9 Å². The summed E-state index contributed by atoms with van der Waals surface area (Å²) in [4.78, 5) is 31.8. The number of nitrogens with zero attached hydrogens (tertiary/aromatic N) is 5. The van der Waals surface area contributed by atoms with Crippen LogP contribution in [0.25, 0.3) is 5.95 Å². The number of carbonyl (C=O) groups is 1. The van der Waals surface area contributed by atoms with Gasteiger partial charge in [-0.25, -0.2) is 14.6 Å². The summed E-state index contributed by atoms with van der Waals surface area (Å²) in [5, 5.41) is 15.5. The zero-order valence-electron chi connectivity index (χ0n) is 16.6. The first-order chi connectivity index (χ1) is 13.8. The normalized spacial score (nSPS) is 10.6. The van der Waals surface area contributed by atoms with Crippen molar-refractivity contribution in [2.45, 2.75) is 34.1 Å². The van der Waals surface area contributed by atoms with Gasteiger partial charge < -0.3 is 0 Å². The second-order valence-electron chi connectivity index (χ2n) is 6.64. The van der Waals surface area contributed by atoms with Gasteiger partial charge in [-0.05, 0) is 39.8 Å². The molecule has 3 rings (SSSR count). The van der Waals surface area contributed by atoms with Crippen molar-refractivity contribution in [1.82, 2.24) is 25.2 Å². The molecule has 0 saturated carbocycles. The topological polar surface area (TPSA) is 128 Å². The molecule has 0 unspecified atom stereocenters. The minimum atomic E-state index is -0.517. The molecule has 10 nitrogen and oxygen atoms in total. The molecule has 3 aromatic rings. The van der Waals surface area contributed by atoms with E-state index in [1.807, 2.05) is 33.8 Å². The van der Waals surface area contributed by atoms with E-state index in [0.29, 0.717) is 11.6 Å². The molecule has 2 heterocycles. The summed E-state index contributed by atoms with van der Waals surface area (Å²) < 4.78 is 1.62. The van der Waals surface area contributed by atoms with Gasteiger partial charge in [0.25, 0.3) is 11.6 Å². The van der Waals surface area contributed by atoms with Gasteiger partial charge in [-0.2, -0.15) is 5.10 Å². The highest BCUT2D eigenvalue weighted by molar-refractivity contribution is 5.81. The number of para-hydroxylation sites is 2. The number of carbonyl (C=O) groups excluding carboxylic acids is 1. The number of anilines is 1. The Labute approximate surface area is 167 Å². The van der Waals surface area contributed by atoms with Gasteiger partial charge >= 0.3 is 0 Å². The first-order valence-electron chi connectivity index (χ1n) is 8.92. The van der Waals surface area contributed by atoms with Crippen LogP contribution in [0.15, 0.2) is 30.3 Å². The maximum atomic E-state index is 12.4.